The maximum Gasteiger partial charge on any atom is 0.305 e. The molecule has 1 saturated heterocycles. The van der Waals surface area contributed by atoms with Gasteiger partial charge in [-0.3, -0.25) is 9.69 Å². The fraction of sp³-hybridized carbons (Fsp3) is 0.533. The van der Waals surface area contributed by atoms with Crippen molar-refractivity contribution in [3.63, 3.8) is 0 Å². The van der Waals surface area contributed by atoms with Crippen molar-refractivity contribution in [2.24, 2.45) is 0 Å². The van der Waals surface area contributed by atoms with Gasteiger partial charge in [0, 0.05) is 32.2 Å². The highest BCUT2D eigenvalue weighted by Gasteiger charge is 2.27. The van der Waals surface area contributed by atoms with Crippen LogP contribution in [0.5, 0.6) is 11.5 Å². The van der Waals surface area contributed by atoms with E-state index in [9.17, 15) is 9.90 Å². The molecule has 2 heterocycles. The van der Waals surface area contributed by atoms with Crippen LogP contribution in [0.4, 0.5) is 0 Å². The van der Waals surface area contributed by atoms with Crippen molar-refractivity contribution in [2.45, 2.75) is 12.5 Å². The quantitative estimate of drug-likeness (QED) is 0.899. The van der Waals surface area contributed by atoms with E-state index < -0.39 is 5.97 Å². The van der Waals surface area contributed by atoms with E-state index in [4.69, 9.17) is 9.47 Å². The van der Waals surface area contributed by atoms with E-state index in [-0.39, 0.29) is 19.3 Å². The van der Waals surface area contributed by atoms with Crippen LogP contribution < -0.4 is 9.47 Å². The highest BCUT2D eigenvalue weighted by molar-refractivity contribution is 5.68. The Hall–Kier alpha value is -1.79. The van der Waals surface area contributed by atoms with Crippen LogP contribution >= 0.6 is 0 Å². The van der Waals surface area contributed by atoms with E-state index in [1.54, 1.807) is 0 Å². The van der Waals surface area contributed by atoms with E-state index in [0.717, 1.165) is 37.5 Å². The van der Waals surface area contributed by atoms with E-state index in [0.29, 0.717) is 5.75 Å². The van der Waals surface area contributed by atoms with Crippen molar-refractivity contribution in [3.05, 3.63) is 23.8 Å². The van der Waals surface area contributed by atoms with Crippen molar-refractivity contribution in [1.82, 2.24) is 9.80 Å². The molecule has 1 aromatic rings. The molecule has 2 aliphatic rings. The van der Waals surface area contributed by atoms with Crippen LogP contribution in [0.3, 0.4) is 0 Å². The topological polar surface area (TPSA) is 62.2 Å². The lowest BCUT2D eigenvalue weighted by atomic mass is 10.0. The van der Waals surface area contributed by atoms with E-state index >= 15 is 0 Å². The lowest BCUT2D eigenvalue weighted by Crippen LogP contribution is -2.46. The molecule has 0 saturated carbocycles. The molecular formula is C15H20N2O4. The molecule has 6 nitrogen and oxygen atoms in total. The van der Waals surface area contributed by atoms with Gasteiger partial charge in [-0.15, -0.1) is 0 Å². The average Bonchev–Trinajstić information content (AvgIpc) is 2.93. The number of carboxylic acid groups (broad SMARTS) is 1. The maximum atomic E-state index is 11.2. The molecule has 3 rings (SSSR count). The third-order valence-corrected chi connectivity index (χ3v) is 4.13. The summed E-state index contributed by atoms with van der Waals surface area (Å²) >= 11 is 0. The Balaban J connectivity index is 1.83. The molecular weight excluding hydrogens is 272 g/mol. The highest BCUT2D eigenvalue weighted by Crippen LogP contribution is 2.36. The summed E-state index contributed by atoms with van der Waals surface area (Å²) in [5.41, 5.74) is 0.978. The number of carboxylic acids is 1. The van der Waals surface area contributed by atoms with E-state index in [1.165, 1.54) is 0 Å². The molecule has 2 aliphatic heterocycles. The van der Waals surface area contributed by atoms with Crippen LogP contribution in [0.2, 0.25) is 0 Å². The van der Waals surface area contributed by atoms with Crippen LogP contribution in [0.25, 0.3) is 0 Å². The Labute approximate surface area is 123 Å². The third kappa shape index (κ3) is 3.11. The predicted molar refractivity (Wildman–Crippen MR) is 76.6 cm³/mol. The van der Waals surface area contributed by atoms with Gasteiger partial charge in [0.25, 0.3) is 0 Å². The first-order valence-corrected chi connectivity index (χ1v) is 7.17. The zero-order valence-corrected chi connectivity index (χ0v) is 12.1. The molecule has 1 unspecified atom stereocenters. The van der Waals surface area contributed by atoms with E-state index in [2.05, 4.69) is 16.8 Å². The Morgan fingerprint density at radius 1 is 1.24 bits per heavy atom. The summed E-state index contributed by atoms with van der Waals surface area (Å²) in [4.78, 5) is 15.7. The van der Waals surface area contributed by atoms with Crippen LogP contribution in [0.1, 0.15) is 18.0 Å². The Bertz CT molecular complexity index is 526. The Kier molecular flexibility index (Phi) is 3.98. The normalized spacial score (nSPS) is 20.4. The molecule has 0 spiro atoms. The first-order valence-electron chi connectivity index (χ1n) is 7.17. The highest BCUT2D eigenvalue weighted by atomic mass is 16.7. The summed E-state index contributed by atoms with van der Waals surface area (Å²) in [6.45, 7) is 3.91. The minimum Gasteiger partial charge on any atom is -0.481 e. The number of hydrogen-bond acceptors (Lipinski definition) is 5. The molecule has 21 heavy (non-hydrogen) atoms. The number of nitrogens with zero attached hydrogens (tertiary/aromatic N) is 2. The van der Waals surface area contributed by atoms with Crippen LogP contribution in [-0.4, -0.2) is 60.9 Å². The summed E-state index contributed by atoms with van der Waals surface area (Å²) in [6, 6.07) is 5.60. The largest absolute Gasteiger partial charge is 0.481 e. The smallest absolute Gasteiger partial charge is 0.305 e. The molecule has 1 fully saturated rings. The van der Waals surface area contributed by atoms with Crippen molar-refractivity contribution < 1.29 is 19.4 Å². The van der Waals surface area contributed by atoms with Gasteiger partial charge >= 0.3 is 5.97 Å². The number of aliphatic carboxylic acids is 1. The molecule has 0 radical (unpaired) electrons. The van der Waals surface area contributed by atoms with Gasteiger partial charge in [0.15, 0.2) is 11.5 Å². The molecule has 0 aromatic heterocycles. The summed E-state index contributed by atoms with van der Waals surface area (Å²) in [7, 11) is 2.09. The Morgan fingerprint density at radius 3 is 2.67 bits per heavy atom. The molecule has 1 aromatic carbocycles. The van der Waals surface area contributed by atoms with Gasteiger partial charge in [-0.05, 0) is 24.7 Å². The van der Waals surface area contributed by atoms with Gasteiger partial charge in [0.05, 0.1) is 6.42 Å². The van der Waals surface area contributed by atoms with E-state index in [1.807, 2.05) is 18.2 Å². The lowest BCUT2D eigenvalue weighted by Gasteiger charge is -2.37. The van der Waals surface area contributed by atoms with Crippen molar-refractivity contribution in [3.8, 4) is 11.5 Å². The van der Waals surface area contributed by atoms with Crippen molar-refractivity contribution in [2.75, 3.05) is 40.0 Å². The fourth-order valence-corrected chi connectivity index (χ4v) is 2.88. The number of carbonyl (C=O) groups is 1. The Morgan fingerprint density at radius 2 is 1.95 bits per heavy atom. The van der Waals surface area contributed by atoms with Crippen molar-refractivity contribution >= 4 is 5.97 Å². The molecule has 0 bridgehead atoms. The van der Waals surface area contributed by atoms with Crippen LogP contribution in [0, 0.1) is 0 Å². The van der Waals surface area contributed by atoms with Crippen LogP contribution in [-0.2, 0) is 4.79 Å². The second-order valence-electron chi connectivity index (χ2n) is 5.57. The van der Waals surface area contributed by atoms with Gasteiger partial charge < -0.3 is 19.5 Å². The molecule has 0 amide bonds. The van der Waals surface area contributed by atoms with Crippen LogP contribution in [0.15, 0.2) is 18.2 Å². The number of benzene rings is 1. The fourth-order valence-electron chi connectivity index (χ4n) is 2.88. The zero-order chi connectivity index (χ0) is 14.8. The van der Waals surface area contributed by atoms with Gasteiger partial charge in [-0.1, -0.05) is 6.07 Å². The summed E-state index contributed by atoms with van der Waals surface area (Å²) in [5, 5.41) is 9.23. The molecule has 6 heteroatoms. The lowest BCUT2D eigenvalue weighted by molar-refractivity contribution is -0.138. The summed E-state index contributed by atoms with van der Waals surface area (Å²) in [5.74, 6) is 0.653. The number of ether oxygens (including phenoxy) is 2. The van der Waals surface area contributed by atoms with Gasteiger partial charge in [0.2, 0.25) is 6.79 Å². The SMILES string of the molecule is CN1CCN(C(CC(=O)O)c2ccc3c(c2)OCO3)CC1. The number of fused-ring (bicyclic) bond motifs is 1. The van der Waals surface area contributed by atoms with Gasteiger partial charge in [-0.2, -0.15) is 0 Å². The number of rotatable bonds is 4. The standard InChI is InChI=1S/C15H20N2O4/c1-16-4-6-17(7-5-16)12(9-15(18)19)11-2-3-13-14(8-11)21-10-20-13/h2-3,8,12H,4-7,9-10H2,1H3,(H,18,19). The zero-order valence-electron chi connectivity index (χ0n) is 12.1. The van der Waals surface area contributed by atoms with Gasteiger partial charge in [0.1, 0.15) is 0 Å². The number of likely N-dealkylation sites (N-methyl/N-ethyl adjacent to an activating group) is 1. The molecule has 1 N–H and O–H groups in total. The van der Waals surface area contributed by atoms with Crippen molar-refractivity contribution in [1.29, 1.82) is 0 Å². The minimum atomic E-state index is -0.781. The monoisotopic (exact) mass is 292 g/mol. The molecule has 1 atom stereocenters. The average molecular weight is 292 g/mol. The number of hydrogen-bond donors (Lipinski definition) is 1. The number of piperazine rings is 1. The predicted octanol–water partition coefficient (Wildman–Crippen LogP) is 1.18. The first kappa shape index (κ1) is 14.2. The maximum absolute atomic E-state index is 11.2. The second kappa shape index (κ2) is 5.91. The first-order chi connectivity index (χ1) is 10.1. The minimum absolute atomic E-state index is 0.101. The summed E-state index contributed by atoms with van der Waals surface area (Å²) in [6.07, 6.45) is 0.101. The molecule has 114 valence electrons. The van der Waals surface area contributed by atoms with Gasteiger partial charge in [-0.25, -0.2) is 0 Å². The second-order valence-corrected chi connectivity index (χ2v) is 5.57. The summed E-state index contributed by atoms with van der Waals surface area (Å²) < 4.78 is 10.7. The molecule has 0 aliphatic carbocycles. The third-order valence-electron chi connectivity index (χ3n) is 4.13.